The van der Waals surface area contributed by atoms with Crippen molar-refractivity contribution in [1.29, 1.82) is 0 Å². The maximum atomic E-state index is 12.8. The molecule has 1 saturated heterocycles. The van der Waals surface area contributed by atoms with Crippen LogP contribution in [0, 0.1) is 13.8 Å². The molecule has 1 fully saturated rings. The fourth-order valence-corrected chi connectivity index (χ4v) is 4.04. The van der Waals surface area contributed by atoms with E-state index in [1.165, 1.54) is 28.2 Å². The lowest BCUT2D eigenvalue weighted by molar-refractivity contribution is 0.0742. The first-order chi connectivity index (χ1) is 13.6. The van der Waals surface area contributed by atoms with E-state index in [0.717, 1.165) is 18.9 Å². The summed E-state index contributed by atoms with van der Waals surface area (Å²) in [6.07, 6.45) is 1.72. The van der Waals surface area contributed by atoms with Gasteiger partial charge in [-0.05, 0) is 43.2 Å². The fraction of sp³-hybridized carbons (Fsp3) is 0.286. The predicted octanol–water partition coefficient (Wildman–Crippen LogP) is 3.86. The van der Waals surface area contributed by atoms with Gasteiger partial charge < -0.3 is 15.1 Å². The molecule has 6 nitrogen and oxygen atoms in total. The monoisotopic (exact) mass is 393 g/mol. The van der Waals surface area contributed by atoms with Gasteiger partial charge in [0.2, 0.25) is 0 Å². The summed E-state index contributed by atoms with van der Waals surface area (Å²) in [5, 5.41) is 5.63. The summed E-state index contributed by atoms with van der Waals surface area (Å²) in [4.78, 5) is 25.8. The minimum absolute atomic E-state index is 0.00839. The Morgan fingerprint density at radius 2 is 1.93 bits per heavy atom. The first-order valence-corrected chi connectivity index (χ1v) is 10.2. The summed E-state index contributed by atoms with van der Waals surface area (Å²) >= 11 is 1.42. The number of hydrogen-bond donors (Lipinski definition) is 1. The van der Waals surface area contributed by atoms with Crippen LogP contribution in [-0.2, 0) is 0 Å². The van der Waals surface area contributed by atoms with Gasteiger partial charge in [0.15, 0.2) is 5.13 Å². The highest BCUT2D eigenvalue weighted by molar-refractivity contribution is 7.14. The molecule has 0 atom stereocenters. The molecule has 0 radical (unpaired) electrons. The highest BCUT2D eigenvalue weighted by Gasteiger charge is 2.24. The number of aromatic nitrogens is 2. The molecule has 144 valence electrons. The van der Waals surface area contributed by atoms with E-state index in [9.17, 15) is 4.79 Å². The molecule has 1 aromatic carbocycles. The normalized spacial score (nSPS) is 14.2. The SMILES string of the molecule is Cc1ccc(C)c(N2CCN(C(=O)c3csc(Nc4ccccn4)n3)CC2)c1. The van der Waals surface area contributed by atoms with Gasteiger partial charge in [0, 0.05) is 43.4 Å². The number of thiazole rings is 1. The lowest BCUT2D eigenvalue weighted by atomic mass is 10.1. The van der Waals surface area contributed by atoms with Crippen LogP contribution in [0.2, 0.25) is 0 Å². The third-order valence-electron chi connectivity index (χ3n) is 4.90. The van der Waals surface area contributed by atoms with Crippen LogP contribution in [0.15, 0.2) is 48.0 Å². The zero-order chi connectivity index (χ0) is 19.5. The Kier molecular flexibility index (Phi) is 5.25. The molecular weight excluding hydrogens is 370 g/mol. The predicted molar refractivity (Wildman–Crippen MR) is 114 cm³/mol. The van der Waals surface area contributed by atoms with Crippen LogP contribution >= 0.6 is 11.3 Å². The second kappa shape index (κ2) is 7.98. The van der Waals surface area contributed by atoms with Crippen LogP contribution in [0.3, 0.4) is 0 Å². The molecule has 3 heterocycles. The number of pyridine rings is 1. The molecule has 1 N–H and O–H groups in total. The Labute approximate surface area is 168 Å². The zero-order valence-corrected chi connectivity index (χ0v) is 16.9. The van der Waals surface area contributed by atoms with Gasteiger partial charge in [0.25, 0.3) is 5.91 Å². The molecule has 0 aliphatic carbocycles. The molecule has 2 aromatic heterocycles. The van der Waals surface area contributed by atoms with Crippen LogP contribution in [-0.4, -0.2) is 47.0 Å². The van der Waals surface area contributed by atoms with Crippen molar-refractivity contribution in [3.8, 4) is 0 Å². The van der Waals surface area contributed by atoms with Crippen molar-refractivity contribution in [3.63, 3.8) is 0 Å². The average Bonchev–Trinajstić information content (AvgIpc) is 3.18. The van der Waals surface area contributed by atoms with E-state index in [2.05, 4.69) is 52.2 Å². The Hall–Kier alpha value is -2.93. The summed E-state index contributed by atoms with van der Waals surface area (Å²) in [5.41, 5.74) is 4.29. The quantitative estimate of drug-likeness (QED) is 0.729. The van der Waals surface area contributed by atoms with Gasteiger partial charge in [-0.15, -0.1) is 11.3 Å². The number of rotatable bonds is 4. The van der Waals surface area contributed by atoms with Crippen LogP contribution in [0.1, 0.15) is 21.6 Å². The topological polar surface area (TPSA) is 61.4 Å². The Morgan fingerprint density at radius 1 is 1.11 bits per heavy atom. The number of hydrogen-bond acceptors (Lipinski definition) is 6. The number of carbonyl (C=O) groups excluding carboxylic acids is 1. The summed E-state index contributed by atoms with van der Waals surface area (Å²) in [6.45, 7) is 7.32. The van der Waals surface area contributed by atoms with Crippen molar-refractivity contribution in [2.75, 3.05) is 36.4 Å². The molecule has 0 spiro atoms. The molecule has 1 aliphatic heterocycles. The summed E-state index contributed by atoms with van der Waals surface area (Å²) in [6, 6.07) is 12.2. The maximum absolute atomic E-state index is 12.8. The zero-order valence-electron chi connectivity index (χ0n) is 16.1. The second-order valence-corrected chi connectivity index (χ2v) is 7.81. The molecule has 0 saturated carbocycles. The van der Waals surface area contributed by atoms with Crippen molar-refractivity contribution < 1.29 is 4.79 Å². The number of nitrogens with zero attached hydrogens (tertiary/aromatic N) is 4. The molecule has 3 aromatic rings. The number of anilines is 3. The molecule has 0 bridgehead atoms. The second-order valence-electron chi connectivity index (χ2n) is 6.95. The molecule has 28 heavy (non-hydrogen) atoms. The molecule has 7 heteroatoms. The first kappa shape index (κ1) is 18.4. The van der Waals surface area contributed by atoms with Gasteiger partial charge in [0.1, 0.15) is 11.5 Å². The van der Waals surface area contributed by atoms with Gasteiger partial charge in [-0.25, -0.2) is 9.97 Å². The minimum Gasteiger partial charge on any atom is -0.368 e. The molecule has 0 unspecified atom stereocenters. The van der Waals surface area contributed by atoms with E-state index in [4.69, 9.17) is 0 Å². The summed E-state index contributed by atoms with van der Waals surface area (Å²) < 4.78 is 0. The lowest BCUT2D eigenvalue weighted by Gasteiger charge is -2.36. The van der Waals surface area contributed by atoms with Crippen LogP contribution < -0.4 is 10.2 Å². The van der Waals surface area contributed by atoms with Crippen LogP contribution in [0.25, 0.3) is 0 Å². The van der Waals surface area contributed by atoms with Gasteiger partial charge >= 0.3 is 0 Å². The average molecular weight is 394 g/mol. The van der Waals surface area contributed by atoms with E-state index in [1.54, 1.807) is 6.20 Å². The summed E-state index contributed by atoms with van der Waals surface area (Å²) in [7, 11) is 0. The highest BCUT2D eigenvalue weighted by atomic mass is 32.1. The molecule has 1 amide bonds. The van der Waals surface area contributed by atoms with Gasteiger partial charge in [-0.1, -0.05) is 18.2 Å². The van der Waals surface area contributed by atoms with Gasteiger partial charge in [-0.2, -0.15) is 0 Å². The van der Waals surface area contributed by atoms with Gasteiger partial charge in [-0.3, -0.25) is 4.79 Å². The summed E-state index contributed by atoms with van der Waals surface area (Å²) in [5.74, 6) is 0.712. The van der Waals surface area contributed by atoms with Crippen LogP contribution in [0.4, 0.5) is 16.6 Å². The number of nitrogens with one attached hydrogen (secondary N) is 1. The third kappa shape index (κ3) is 3.99. The molecule has 1 aliphatic rings. The minimum atomic E-state index is -0.00839. The standard InChI is InChI=1S/C21H23N5OS/c1-15-6-7-16(2)18(13-15)25-9-11-26(12-10-25)20(27)17-14-28-21(23-17)24-19-5-3-4-8-22-19/h3-8,13-14H,9-12H2,1-2H3,(H,22,23,24). The van der Waals surface area contributed by atoms with E-state index in [-0.39, 0.29) is 5.91 Å². The van der Waals surface area contributed by atoms with Crippen molar-refractivity contribution in [3.05, 3.63) is 64.8 Å². The van der Waals surface area contributed by atoms with Crippen LogP contribution in [0.5, 0.6) is 0 Å². The van der Waals surface area contributed by atoms with Gasteiger partial charge in [0.05, 0.1) is 0 Å². The lowest BCUT2D eigenvalue weighted by Crippen LogP contribution is -2.49. The highest BCUT2D eigenvalue weighted by Crippen LogP contribution is 2.24. The number of benzene rings is 1. The smallest absolute Gasteiger partial charge is 0.273 e. The number of aryl methyl sites for hydroxylation is 2. The number of piperazine rings is 1. The molecule has 4 rings (SSSR count). The number of amides is 1. The molecular formula is C21H23N5OS. The Balaban J connectivity index is 1.38. The van der Waals surface area contributed by atoms with E-state index in [1.807, 2.05) is 28.5 Å². The maximum Gasteiger partial charge on any atom is 0.273 e. The Bertz CT molecular complexity index is 964. The van der Waals surface area contributed by atoms with Crippen molar-refractivity contribution >= 4 is 33.9 Å². The Morgan fingerprint density at radius 3 is 2.68 bits per heavy atom. The van der Waals surface area contributed by atoms with Crippen molar-refractivity contribution in [2.24, 2.45) is 0 Å². The van der Waals surface area contributed by atoms with E-state index < -0.39 is 0 Å². The fourth-order valence-electron chi connectivity index (χ4n) is 3.35. The van der Waals surface area contributed by atoms with Crippen molar-refractivity contribution in [1.82, 2.24) is 14.9 Å². The number of carbonyl (C=O) groups is 1. The third-order valence-corrected chi connectivity index (χ3v) is 5.65. The first-order valence-electron chi connectivity index (χ1n) is 9.35. The van der Waals surface area contributed by atoms with E-state index >= 15 is 0 Å². The largest absolute Gasteiger partial charge is 0.368 e. The van der Waals surface area contributed by atoms with Crippen molar-refractivity contribution in [2.45, 2.75) is 13.8 Å². The van der Waals surface area contributed by atoms with E-state index in [0.29, 0.717) is 23.9 Å².